The minimum absolute atomic E-state index is 0.0941. The molecule has 1 aromatic rings. The number of aryl methyl sites for hydroxylation is 2. The number of carbonyl (C=O) groups excluding carboxylic acids is 1. The molecule has 1 aliphatic heterocycles. The molecule has 2 aliphatic rings. The third-order valence-corrected chi connectivity index (χ3v) is 3.18. The monoisotopic (exact) mass is 203 g/mol. The highest BCUT2D eigenvalue weighted by molar-refractivity contribution is 5.69. The third-order valence-electron chi connectivity index (χ3n) is 3.18. The molecule has 0 radical (unpaired) electrons. The molecule has 0 saturated carbocycles. The van der Waals surface area contributed by atoms with Gasteiger partial charge in [-0.25, -0.2) is 4.79 Å². The van der Waals surface area contributed by atoms with Gasteiger partial charge in [0, 0.05) is 0 Å². The number of fused-ring (bicyclic) bond motifs is 1. The number of ether oxygens (including phenoxy) is 1. The van der Waals surface area contributed by atoms with Crippen LogP contribution in [0.15, 0.2) is 18.2 Å². The fourth-order valence-corrected chi connectivity index (χ4v) is 2.37. The first kappa shape index (κ1) is 8.77. The second-order valence-corrected chi connectivity index (χ2v) is 4.16. The summed E-state index contributed by atoms with van der Waals surface area (Å²) in [6.07, 6.45) is 3.21. The van der Waals surface area contributed by atoms with Crippen molar-refractivity contribution in [3.05, 3.63) is 34.9 Å². The SMILES string of the molecule is O=C1NCC(c2ccc3c(c2)CCC3)O1. The molecule has 1 atom stereocenters. The van der Waals surface area contributed by atoms with E-state index < -0.39 is 0 Å². The Kier molecular flexibility index (Phi) is 1.91. The van der Waals surface area contributed by atoms with E-state index in [-0.39, 0.29) is 12.2 Å². The van der Waals surface area contributed by atoms with Crippen LogP contribution in [0.25, 0.3) is 0 Å². The van der Waals surface area contributed by atoms with Crippen LogP contribution < -0.4 is 5.32 Å². The van der Waals surface area contributed by atoms with E-state index in [1.54, 1.807) is 0 Å². The second kappa shape index (κ2) is 3.26. The van der Waals surface area contributed by atoms with Crippen molar-refractivity contribution in [1.82, 2.24) is 5.32 Å². The standard InChI is InChI=1S/C12H13NO2/c14-12-13-7-11(15-12)10-5-4-8-2-1-3-9(8)6-10/h4-6,11H,1-3,7H2,(H,13,14). The molecule has 1 saturated heterocycles. The van der Waals surface area contributed by atoms with Gasteiger partial charge < -0.3 is 10.1 Å². The average Bonchev–Trinajstić information content (AvgIpc) is 2.84. The first-order valence-corrected chi connectivity index (χ1v) is 5.39. The Morgan fingerprint density at radius 2 is 2.13 bits per heavy atom. The first-order valence-electron chi connectivity index (χ1n) is 5.39. The lowest BCUT2D eigenvalue weighted by molar-refractivity contribution is 0.141. The maximum absolute atomic E-state index is 10.9. The second-order valence-electron chi connectivity index (χ2n) is 4.16. The van der Waals surface area contributed by atoms with E-state index in [1.165, 1.54) is 24.0 Å². The molecule has 0 aromatic heterocycles. The highest BCUT2D eigenvalue weighted by Gasteiger charge is 2.25. The van der Waals surface area contributed by atoms with Crippen molar-refractivity contribution in [3.8, 4) is 0 Å². The zero-order valence-corrected chi connectivity index (χ0v) is 8.45. The molecule has 78 valence electrons. The van der Waals surface area contributed by atoms with Crippen molar-refractivity contribution in [2.24, 2.45) is 0 Å². The van der Waals surface area contributed by atoms with Gasteiger partial charge in [-0.15, -0.1) is 0 Å². The van der Waals surface area contributed by atoms with Crippen molar-refractivity contribution < 1.29 is 9.53 Å². The molecule has 3 nitrogen and oxygen atoms in total. The summed E-state index contributed by atoms with van der Waals surface area (Å²) in [4.78, 5) is 10.9. The summed E-state index contributed by atoms with van der Waals surface area (Å²) < 4.78 is 5.16. The summed E-state index contributed by atoms with van der Waals surface area (Å²) in [5, 5.41) is 2.67. The van der Waals surface area contributed by atoms with Gasteiger partial charge in [0.1, 0.15) is 6.10 Å². The van der Waals surface area contributed by atoms with Crippen LogP contribution in [0, 0.1) is 0 Å². The van der Waals surface area contributed by atoms with Crippen LogP contribution in [-0.2, 0) is 17.6 Å². The van der Waals surface area contributed by atoms with Gasteiger partial charge in [0.05, 0.1) is 6.54 Å². The Labute approximate surface area is 88.4 Å². The summed E-state index contributed by atoms with van der Waals surface area (Å²) in [7, 11) is 0. The predicted octanol–water partition coefficient (Wildman–Crippen LogP) is 1.96. The molecule has 0 bridgehead atoms. The van der Waals surface area contributed by atoms with E-state index in [4.69, 9.17) is 4.74 Å². The van der Waals surface area contributed by atoms with Crippen molar-refractivity contribution >= 4 is 6.09 Å². The van der Waals surface area contributed by atoms with E-state index in [9.17, 15) is 4.79 Å². The van der Waals surface area contributed by atoms with Crippen molar-refractivity contribution in [2.45, 2.75) is 25.4 Å². The highest BCUT2D eigenvalue weighted by atomic mass is 16.6. The van der Waals surface area contributed by atoms with Gasteiger partial charge in [0.2, 0.25) is 0 Å². The number of amides is 1. The van der Waals surface area contributed by atoms with Crippen molar-refractivity contribution in [1.29, 1.82) is 0 Å². The summed E-state index contributed by atoms with van der Waals surface area (Å²) >= 11 is 0. The third kappa shape index (κ3) is 1.48. The molecule has 1 amide bonds. The Balaban J connectivity index is 1.89. The number of alkyl carbamates (subject to hydrolysis) is 1. The predicted molar refractivity (Wildman–Crippen MR) is 55.7 cm³/mol. The Hall–Kier alpha value is -1.51. The lowest BCUT2D eigenvalue weighted by Gasteiger charge is -2.09. The molecule has 1 aromatic carbocycles. The van der Waals surface area contributed by atoms with E-state index in [0.29, 0.717) is 6.54 Å². The minimum Gasteiger partial charge on any atom is -0.439 e. The quantitative estimate of drug-likeness (QED) is 0.757. The lowest BCUT2D eigenvalue weighted by Crippen LogP contribution is -2.12. The van der Waals surface area contributed by atoms with Crippen LogP contribution in [0.3, 0.4) is 0 Å². The minimum atomic E-state index is -0.305. The molecule has 0 spiro atoms. The average molecular weight is 203 g/mol. The summed E-state index contributed by atoms with van der Waals surface area (Å²) in [5.41, 5.74) is 4.00. The number of nitrogens with one attached hydrogen (secondary N) is 1. The van der Waals surface area contributed by atoms with E-state index in [0.717, 1.165) is 12.0 Å². The van der Waals surface area contributed by atoms with Gasteiger partial charge in [0.25, 0.3) is 0 Å². The number of cyclic esters (lactones) is 1. The zero-order chi connectivity index (χ0) is 10.3. The van der Waals surface area contributed by atoms with Gasteiger partial charge in [0.15, 0.2) is 0 Å². The molecule has 1 aliphatic carbocycles. The van der Waals surface area contributed by atoms with Crippen molar-refractivity contribution in [2.75, 3.05) is 6.54 Å². The van der Waals surface area contributed by atoms with Crippen LogP contribution in [0.2, 0.25) is 0 Å². The van der Waals surface area contributed by atoms with Crippen LogP contribution in [-0.4, -0.2) is 12.6 Å². The number of hydrogen-bond acceptors (Lipinski definition) is 2. The number of benzene rings is 1. The first-order chi connectivity index (χ1) is 7.33. The molecular formula is C12H13NO2. The summed E-state index contributed by atoms with van der Waals surface area (Å²) in [5.74, 6) is 0. The summed E-state index contributed by atoms with van der Waals surface area (Å²) in [6.45, 7) is 0.595. The number of hydrogen-bond donors (Lipinski definition) is 1. The molecule has 1 fully saturated rings. The summed E-state index contributed by atoms with van der Waals surface area (Å²) in [6, 6.07) is 6.44. The highest BCUT2D eigenvalue weighted by Crippen LogP contribution is 2.27. The largest absolute Gasteiger partial charge is 0.439 e. The van der Waals surface area contributed by atoms with Gasteiger partial charge in [-0.05, 0) is 36.0 Å². The lowest BCUT2D eigenvalue weighted by atomic mass is 10.0. The normalized spacial score (nSPS) is 23.5. The number of rotatable bonds is 1. The Bertz CT molecular complexity index is 414. The molecule has 1 N–H and O–H groups in total. The van der Waals surface area contributed by atoms with Gasteiger partial charge in [-0.3, -0.25) is 0 Å². The maximum atomic E-state index is 10.9. The molecule has 1 unspecified atom stereocenters. The topological polar surface area (TPSA) is 38.3 Å². The van der Waals surface area contributed by atoms with Crippen molar-refractivity contribution in [3.63, 3.8) is 0 Å². The van der Waals surface area contributed by atoms with Crippen LogP contribution in [0.4, 0.5) is 4.79 Å². The molecule has 1 heterocycles. The number of carbonyl (C=O) groups is 1. The molecule has 3 rings (SSSR count). The van der Waals surface area contributed by atoms with Crippen LogP contribution in [0.5, 0.6) is 0 Å². The van der Waals surface area contributed by atoms with E-state index in [1.807, 2.05) is 0 Å². The molecule has 15 heavy (non-hydrogen) atoms. The zero-order valence-electron chi connectivity index (χ0n) is 8.45. The fraction of sp³-hybridized carbons (Fsp3) is 0.417. The van der Waals surface area contributed by atoms with Gasteiger partial charge in [-0.1, -0.05) is 18.2 Å². The molecular weight excluding hydrogens is 190 g/mol. The van der Waals surface area contributed by atoms with Gasteiger partial charge in [-0.2, -0.15) is 0 Å². The van der Waals surface area contributed by atoms with E-state index in [2.05, 4.69) is 23.5 Å². The fourth-order valence-electron chi connectivity index (χ4n) is 2.37. The Morgan fingerprint density at radius 3 is 2.93 bits per heavy atom. The maximum Gasteiger partial charge on any atom is 0.407 e. The van der Waals surface area contributed by atoms with E-state index >= 15 is 0 Å². The van der Waals surface area contributed by atoms with Crippen LogP contribution >= 0.6 is 0 Å². The van der Waals surface area contributed by atoms with Crippen LogP contribution in [0.1, 0.15) is 29.2 Å². The Morgan fingerprint density at radius 1 is 1.27 bits per heavy atom. The van der Waals surface area contributed by atoms with Gasteiger partial charge >= 0.3 is 6.09 Å². The molecule has 3 heteroatoms. The smallest absolute Gasteiger partial charge is 0.407 e.